The van der Waals surface area contributed by atoms with Gasteiger partial charge in [0.1, 0.15) is 0 Å². The van der Waals surface area contributed by atoms with E-state index in [0.29, 0.717) is 6.42 Å². The van der Waals surface area contributed by atoms with Crippen LogP contribution in [0.15, 0.2) is 0 Å². The van der Waals surface area contributed by atoms with E-state index >= 15 is 0 Å². The summed E-state index contributed by atoms with van der Waals surface area (Å²) >= 11 is -2.67. The van der Waals surface area contributed by atoms with Gasteiger partial charge in [-0.15, -0.1) is 0 Å². The molecule has 0 rings (SSSR count). The van der Waals surface area contributed by atoms with Crippen molar-refractivity contribution in [3.05, 3.63) is 0 Å². The van der Waals surface area contributed by atoms with Crippen LogP contribution in [0.2, 0.25) is 0 Å². The Kier molecular flexibility index (Phi) is 11.8. The van der Waals surface area contributed by atoms with E-state index in [-0.39, 0.29) is 41.9 Å². The van der Waals surface area contributed by atoms with Crippen LogP contribution in [-0.2, 0) is 15.5 Å². The third kappa shape index (κ3) is 14.9. The van der Waals surface area contributed by atoms with Gasteiger partial charge in [-0.1, -0.05) is 19.8 Å². The van der Waals surface area contributed by atoms with Crippen molar-refractivity contribution in [2.45, 2.75) is 58.3 Å². The minimum atomic E-state index is -2.67. The summed E-state index contributed by atoms with van der Waals surface area (Å²) in [6.07, 6.45) is 1.34. The second-order valence-corrected chi connectivity index (χ2v) is 5.40. The minimum absolute atomic E-state index is 0. The maximum atomic E-state index is 10.1. The predicted octanol–water partition coefficient (Wildman–Crippen LogP) is -1.91. The number of aliphatic hydroxyl groups is 2. The Hall–Kier alpha value is 0.990. The van der Waals surface area contributed by atoms with Crippen molar-refractivity contribution in [2.75, 3.05) is 0 Å². The summed E-state index contributed by atoms with van der Waals surface area (Å²) in [7, 11) is 0. The molecule has 0 aliphatic carbocycles. The van der Waals surface area contributed by atoms with Gasteiger partial charge in [0.2, 0.25) is 0 Å². The zero-order valence-corrected chi connectivity index (χ0v) is 13.8. The van der Waals surface area contributed by atoms with Crippen molar-refractivity contribution < 1.29 is 52.7 Å². The molecule has 0 bridgehead atoms. The van der Waals surface area contributed by atoms with Crippen LogP contribution in [0.4, 0.5) is 0 Å². The van der Waals surface area contributed by atoms with E-state index in [1.165, 1.54) is 0 Å². The van der Waals surface area contributed by atoms with E-state index in [2.05, 4.69) is 4.18 Å². The normalized spacial score (nSPS) is 17.1. The van der Waals surface area contributed by atoms with E-state index in [1.54, 1.807) is 13.8 Å². The molecular formula is C10H21NaO5S. The first kappa shape index (κ1) is 20.3. The molecule has 0 spiro atoms. The molecule has 0 saturated heterocycles. The fraction of sp³-hybridized carbons (Fsp3) is 1.00. The molecular weight excluding hydrogens is 255 g/mol. The van der Waals surface area contributed by atoms with E-state index < -0.39 is 23.3 Å². The first-order valence-electron chi connectivity index (χ1n) is 5.37. The fourth-order valence-electron chi connectivity index (χ4n) is 1.48. The summed E-state index contributed by atoms with van der Waals surface area (Å²) in [4.78, 5) is 0. The molecule has 0 aliphatic rings. The van der Waals surface area contributed by atoms with Crippen LogP contribution in [0, 0.1) is 5.92 Å². The standard InChI is InChI=1S/C10H22O5S.Na/c1-8(5-4-6-10(2,3)12)7-9(11)15-16(13)14;/h8-9,11-12H,4-7H2,1-3H3,(H,13,14);/q;+1/p-1. The molecule has 0 amide bonds. The zero-order chi connectivity index (χ0) is 12.8. The van der Waals surface area contributed by atoms with E-state index in [9.17, 15) is 19.0 Å². The van der Waals surface area contributed by atoms with Gasteiger partial charge in [0.15, 0.2) is 6.29 Å². The number of hydrogen-bond acceptors (Lipinski definition) is 5. The first-order chi connectivity index (χ1) is 7.20. The molecule has 98 valence electrons. The Balaban J connectivity index is 0. The monoisotopic (exact) mass is 276 g/mol. The molecule has 3 atom stereocenters. The third-order valence-electron chi connectivity index (χ3n) is 2.28. The van der Waals surface area contributed by atoms with Crippen LogP contribution in [0.25, 0.3) is 0 Å². The van der Waals surface area contributed by atoms with Crippen molar-refractivity contribution in [1.29, 1.82) is 0 Å². The second kappa shape index (κ2) is 9.86. The second-order valence-electron chi connectivity index (χ2n) is 4.80. The van der Waals surface area contributed by atoms with Gasteiger partial charge >= 0.3 is 29.6 Å². The molecule has 0 radical (unpaired) electrons. The van der Waals surface area contributed by atoms with Crippen LogP contribution in [0.5, 0.6) is 0 Å². The molecule has 0 fully saturated rings. The van der Waals surface area contributed by atoms with Gasteiger partial charge in [-0.2, -0.15) is 0 Å². The van der Waals surface area contributed by atoms with Crippen LogP contribution < -0.4 is 29.6 Å². The number of aliphatic hydroxyl groups excluding tert-OH is 1. The van der Waals surface area contributed by atoms with Crippen LogP contribution in [0.3, 0.4) is 0 Å². The van der Waals surface area contributed by atoms with Crippen LogP contribution in [-0.4, -0.2) is 30.9 Å². The van der Waals surface area contributed by atoms with Crippen molar-refractivity contribution in [1.82, 2.24) is 0 Å². The van der Waals surface area contributed by atoms with Gasteiger partial charge < -0.3 is 14.8 Å². The van der Waals surface area contributed by atoms with Crippen molar-refractivity contribution in [3.63, 3.8) is 0 Å². The Morgan fingerprint density at radius 3 is 2.41 bits per heavy atom. The Morgan fingerprint density at radius 1 is 1.47 bits per heavy atom. The molecule has 0 aromatic rings. The minimum Gasteiger partial charge on any atom is -0.750 e. The van der Waals surface area contributed by atoms with Crippen molar-refractivity contribution in [2.24, 2.45) is 5.92 Å². The van der Waals surface area contributed by atoms with E-state index in [0.717, 1.165) is 12.8 Å². The van der Waals surface area contributed by atoms with Crippen LogP contribution in [0.1, 0.15) is 46.5 Å². The molecule has 3 unspecified atom stereocenters. The van der Waals surface area contributed by atoms with Crippen molar-refractivity contribution >= 4 is 11.4 Å². The molecule has 17 heavy (non-hydrogen) atoms. The molecule has 0 saturated carbocycles. The SMILES string of the molecule is CC(CCCC(C)(C)O)CC(O)OS(=O)[O-].[Na+]. The quantitative estimate of drug-likeness (QED) is 0.307. The van der Waals surface area contributed by atoms with Crippen LogP contribution >= 0.6 is 0 Å². The summed E-state index contributed by atoms with van der Waals surface area (Å²) in [6, 6.07) is 0. The number of rotatable bonds is 8. The van der Waals surface area contributed by atoms with Gasteiger partial charge in [-0.05, 0) is 26.2 Å². The summed E-state index contributed by atoms with van der Waals surface area (Å²) in [5, 5.41) is 18.7. The molecule has 2 N–H and O–H groups in total. The smallest absolute Gasteiger partial charge is 0.750 e. The molecule has 0 aliphatic heterocycles. The molecule has 7 heteroatoms. The first-order valence-corrected chi connectivity index (χ1v) is 6.37. The van der Waals surface area contributed by atoms with Crippen molar-refractivity contribution in [3.8, 4) is 0 Å². The van der Waals surface area contributed by atoms with Gasteiger partial charge in [0.25, 0.3) is 0 Å². The third-order valence-corrected chi connectivity index (χ3v) is 2.66. The Morgan fingerprint density at radius 2 is 2.00 bits per heavy atom. The topological polar surface area (TPSA) is 89.8 Å². The zero-order valence-electron chi connectivity index (χ0n) is 11.0. The largest absolute Gasteiger partial charge is 1.00 e. The Bertz CT molecular complexity index is 219. The summed E-state index contributed by atoms with van der Waals surface area (Å²) in [5.74, 6) is 0.154. The molecule has 0 aromatic heterocycles. The molecule has 0 heterocycles. The Labute approximate surface area is 128 Å². The number of hydrogen-bond donors (Lipinski definition) is 2. The van der Waals surface area contributed by atoms with E-state index in [1.807, 2.05) is 6.92 Å². The maximum Gasteiger partial charge on any atom is 1.00 e. The summed E-state index contributed by atoms with van der Waals surface area (Å²) in [6.45, 7) is 5.40. The van der Waals surface area contributed by atoms with Gasteiger partial charge in [0, 0.05) is 6.42 Å². The molecule has 5 nitrogen and oxygen atoms in total. The summed E-state index contributed by atoms with van der Waals surface area (Å²) in [5.41, 5.74) is -0.675. The maximum absolute atomic E-state index is 10.1. The van der Waals surface area contributed by atoms with Gasteiger partial charge in [0.05, 0.1) is 17.0 Å². The molecule has 0 aromatic carbocycles. The predicted molar refractivity (Wildman–Crippen MR) is 59.9 cm³/mol. The van der Waals surface area contributed by atoms with Gasteiger partial charge in [-0.25, -0.2) is 4.21 Å². The van der Waals surface area contributed by atoms with Gasteiger partial charge in [-0.3, -0.25) is 4.18 Å². The average molecular weight is 276 g/mol. The fourth-order valence-corrected chi connectivity index (χ4v) is 1.74. The summed E-state index contributed by atoms with van der Waals surface area (Å²) < 4.78 is 24.4. The average Bonchev–Trinajstić information content (AvgIpc) is 1.98. The van der Waals surface area contributed by atoms with E-state index in [4.69, 9.17) is 0 Å².